The number of aliphatic hydroxyl groups excluding tert-OH is 1. The SMILES string of the molecule is CO[C@@H](C)[C@H]1COC(O)N1c1noc2c(F)c(F)c(C=O)cc12. The Balaban J connectivity index is 2.16. The second-order valence-electron chi connectivity index (χ2n) is 5.17. The van der Waals surface area contributed by atoms with E-state index in [2.05, 4.69) is 5.16 Å². The van der Waals surface area contributed by atoms with Gasteiger partial charge in [-0.25, -0.2) is 4.39 Å². The van der Waals surface area contributed by atoms with Gasteiger partial charge in [0.1, 0.15) is 0 Å². The van der Waals surface area contributed by atoms with Gasteiger partial charge in [0.05, 0.1) is 29.7 Å². The maximum Gasteiger partial charge on any atom is 0.239 e. The van der Waals surface area contributed by atoms with Crippen molar-refractivity contribution in [3.8, 4) is 0 Å². The molecule has 0 saturated carbocycles. The summed E-state index contributed by atoms with van der Waals surface area (Å²) >= 11 is 0. The first-order chi connectivity index (χ1) is 11.0. The van der Waals surface area contributed by atoms with Crippen molar-refractivity contribution in [3.05, 3.63) is 23.3 Å². The lowest BCUT2D eigenvalue weighted by Crippen LogP contribution is -2.44. The number of ether oxygens (including phenoxy) is 2. The Morgan fingerprint density at radius 2 is 2.26 bits per heavy atom. The summed E-state index contributed by atoms with van der Waals surface area (Å²) in [6.07, 6.45) is -1.49. The number of carbonyl (C=O) groups excluding carboxylic acids is 1. The average molecular weight is 328 g/mol. The Bertz CT molecular complexity index is 750. The van der Waals surface area contributed by atoms with Crippen LogP contribution in [0, 0.1) is 11.6 Å². The van der Waals surface area contributed by atoms with Gasteiger partial charge in [-0.3, -0.25) is 9.69 Å². The first-order valence-electron chi connectivity index (χ1n) is 6.83. The topological polar surface area (TPSA) is 85.0 Å². The zero-order valence-electron chi connectivity index (χ0n) is 12.3. The number of fused-ring (bicyclic) bond motifs is 1. The van der Waals surface area contributed by atoms with Gasteiger partial charge in [-0.05, 0) is 13.0 Å². The van der Waals surface area contributed by atoms with Crippen molar-refractivity contribution in [3.63, 3.8) is 0 Å². The summed E-state index contributed by atoms with van der Waals surface area (Å²) in [5, 5.41) is 13.8. The Morgan fingerprint density at radius 3 is 2.91 bits per heavy atom. The smallest absolute Gasteiger partial charge is 0.239 e. The molecule has 2 aromatic rings. The summed E-state index contributed by atoms with van der Waals surface area (Å²) in [5.74, 6) is -2.58. The fraction of sp³-hybridized carbons (Fsp3) is 0.429. The largest absolute Gasteiger partial charge is 0.380 e. The van der Waals surface area contributed by atoms with E-state index in [-0.39, 0.29) is 30.2 Å². The number of aldehydes is 1. The predicted molar refractivity (Wildman–Crippen MR) is 74.0 cm³/mol. The first kappa shape index (κ1) is 15.8. The fourth-order valence-corrected chi connectivity index (χ4v) is 2.58. The second kappa shape index (κ2) is 5.84. The summed E-state index contributed by atoms with van der Waals surface area (Å²) in [4.78, 5) is 12.2. The standard InChI is InChI=1S/C14H14F2N2O5/c1-6(21-2)9-5-22-14(20)18(9)13-8-3-7(4-19)10(15)11(16)12(8)23-17-13/h3-4,6,9,14,20H,5H2,1-2H3/t6-,9+,14?/m0/s1. The summed E-state index contributed by atoms with van der Waals surface area (Å²) in [5.41, 5.74) is -0.906. The number of hydrogen-bond acceptors (Lipinski definition) is 7. The molecule has 1 fully saturated rings. The third-order valence-corrected chi connectivity index (χ3v) is 3.95. The van der Waals surface area contributed by atoms with Gasteiger partial charge in [-0.1, -0.05) is 5.16 Å². The van der Waals surface area contributed by atoms with Crippen LogP contribution >= 0.6 is 0 Å². The summed E-state index contributed by atoms with van der Waals surface area (Å²) < 4.78 is 42.9. The fourth-order valence-electron chi connectivity index (χ4n) is 2.58. The Hall–Kier alpha value is -2.10. The summed E-state index contributed by atoms with van der Waals surface area (Å²) in [7, 11) is 1.49. The number of aromatic nitrogens is 1. The number of benzene rings is 1. The number of hydrogen-bond donors (Lipinski definition) is 1. The molecule has 3 rings (SSSR count). The van der Waals surface area contributed by atoms with Crippen LogP contribution in [-0.2, 0) is 9.47 Å². The predicted octanol–water partition coefficient (Wildman–Crippen LogP) is 1.43. The third-order valence-electron chi connectivity index (χ3n) is 3.95. The molecule has 0 aliphatic carbocycles. The number of nitrogens with zero attached hydrogens (tertiary/aromatic N) is 2. The molecule has 0 spiro atoms. The van der Waals surface area contributed by atoms with Crippen molar-refractivity contribution >= 4 is 23.1 Å². The zero-order chi connectivity index (χ0) is 16.7. The highest BCUT2D eigenvalue weighted by Gasteiger charge is 2.40. The van der Waals surface area contributed by atoms with E-state index < -0.39 is 35.2 Å². The molecule has 7 nitrogen and oxygen atoms in total. The van der Waals surface area contributed by atoms with Crippen molar-refractivity contribution in [2.45, 2.75) is 25.5 Å². The van der Waals surface area contributed by atoms with E-state index in [0.29, 0.717) is 0 Å². The molecule has 2 heterocycles. The highest BCUT2D eigenvalue weighted by Crippen LogP contribution is 2.35. The first-order valence-corrected chi connectivity index (χ1v) is 6.83. The van der Waals surface area contributed by atoms with Crippen molar-refractivity contribution in [2.24, 2.45) is 0 Å². The van der Waals surface area contributed by atoms with Crippen LogP contribution in [0.15, 0.2) is 10.6 Å². The minimum atomic E-state index is -1.35. The van der Waals surface area contributed by atoms with Crippen LogP contribution in [0.4, 0.5) is 14.6 Å². The van der Waals surface area contributed by atoms with Gasteiger partial charge < -0.3 is 19.1 Å². The monoisotopic (exact) mass is 328 g/mol. The van der Waals surface area contributed by atoms with Crippen LogP contribution in [0.3, 0.4) is 0 Å². The van der Waals surface area contributed by atoms with Crippen molar-refractivity contribution in [1.82, 2.24) is 5.16 Å². The number of halogens is 2. The molecule has 1 aromatic carbocycles. The van der Waals surface area contributed by atoms with E-state index in [1.165, 1.54) is 12.0 Å². The molecule has 23 heavy (non-hydrogen) atoms. The molecule has 124 valence electrons. The molecule has 0 bridgehead atoms. The van der Waals surface area contributed by atoms with Crippen LogP contribution in [0.5, 0.6) is 0 Å². The minimum Gasteiger partial charge on any atom is -0.380 e. The molecule has 3 atom stereocenters. The molecule has 0 radical (unpaired) electrons. The summed E-state index contributed by atoms with van der Waals surface area (Å²) in [6.45, 7) is 1.91. The van der Waals surface area contributed by atoms with E-state index >= 15 is 0 Å². The van der Waals surface area contributed by atoms with Gasteiger partial charge in [-0.15, -0.1) is 0 Å². The second-order valence-corrected chi connectivity index (χ2v) is 5.17. The van der Waals surface area contributed by atoms with E-state index in [1.807, 2.05) is 0 Å². The average Bonchev–Trinajstić information content (AvgIpc) is 3.13. The van der Waals surface area contributed by atoms with Gasteiger partial charge in [-0.2, -0.15) is 4.39 Å². The van der Waals surface area contributed by atoms with Gasteiger partial charge in [0.25, 0.3) is 0 Å². The van der Waals surface area contributed by atoms with Gasteiger partial charge in [0, 0.05) is 7.11 Å². The van der Waals surface area contributed by atoms with Gasteiger partial charge in [0.2, 0.25) is 17.8 Å². The number of anilines is 1. The van der Waals surface area contributed by atoms with Gasteiger partial charge >= 0.3 is 0 Å². The van der Waals surface area contributed by atoms with Crippen LogP contribution < -0.4 is 4.90 Å². The maximum atomic E-state index is 14.0. The molecule has 1 unspecified atom stereocenters. The van der Waals surface area contributed by atoms with Crippen LogP contribution in [0.25, 0.3) is 11.0 Å². The van der Waals surface area contributed by atoms with Crippen LogP contribution in [0.1, 0.15) is 17.3 Å². The highest BCUT2D eigenvalue weighted by atomic mass is 19.2. The molecule has 1 aliphatic rings. The Morgan fingerprint density at radius 1 is 1.52 bits per heavy atom. The lowest BCUT2D eigenvalue weighted by atomic mass is 10.1. The van der Waals surface area contributed by atoms with Crippen molar-refractivity contribution in [2.75, 3.05) is 18.6 Å². The normalized spacial score (nSPS) is 22.7. The quantitative estimate of drug-likeness (QED) is 0.850. The van der Waals surface area contributed by atoms with Crippen LogP contribution in [0.2, 0.25) is 0 Å². The molecular formula is C14H14F2N2O5. The Labute approximate surface area is 129 Å². The minimum absolute atomic E-state index is 0.0425. The lowest BCUT2D eigenvalue weighted by Gasteiger charge is -2.28. The molecule has 1 aromatic heterocycles. The Kier molecular flexibility index (Phi) is 4.00. The van der Waals surface area contributed by atoms with E-state index in [1.54, 1.807) is 6.92 Å². The van der Waals surface area contributed by atoms with E-state index in [4.69, 9.17) is 14.0 Å². The maximum absolute atomic E-state index is 14.0. The lowest BCUT2D eigenvalue weighted by molar-refractivity contribution is -0.0581. The van der Waals surface area contributed by atoms with Crippen molar-refractivity contribution < 1.29 is 32.7 Å². The number of methoxy groups -OCH3 is 1. The van der Waals surface area contributed by atoms with E-state index in [0.717, 1.165) is 6.07 Å². The number of carbonyl (C=O) groups is 1. The van der Waals surface area contributed by atoms with Crippen molar-refractivity contribution in [1.29, 1.82) is 0 Å². The van der Waals surface area contributed by atoms with Gasteiger partial charge in [0.15, 0.2) is 17.9 Å². The molecule has 1 N–H and O–H groups in total. The zero-order valence-corrected chi connectivity index (χ0v) is 12.3. The van der Waals surface area contributed by atoms with Crippen LogP contribution in [-0.4, -0.2) is 48.8 Å². The number of rotatable bonds is 4. The molecule has 1 aliphatic heterocycles. The van der Waals surface area contributed by atoms with E-state index in [9.17, 15) is 18.7 Å². The highest BCUT2D eigenvalue weighted by molar-refractivity contribution is 5.94. The molecule has 1 saturated heterocycles. The summed E-state index contributed by atoms with van der Waals surface area (Å²) in [6, 6.07) is 0.697. The molecule has 0 amide bonds. The molecular weight excluding hydrogens is 314 g/mol. The number of aliphatic hydroxyl groups is 1. The third kappa shape index (κ3) is 2.37. The molecule has 9 heteroatoms.